The molecule has 0 aliphatic carbocycles. The normalized spacial score (nSPS) is 18.1. The first-order valence-electron chi connectivity index (χ1n) is 11.7. The Bertz CT molecular complexity index is 1310. The van der Waals surface area contributed by atoms with Gasteiger partial charge in [0.25, 0.3) is 0 Å². The topological polar surface area (TPSA) is 55.6 Å². The van der Waals surface area contributed by atoms with Gasteiger partial charge in [0.1, 0.15) is 6.10 Å². The van der Waals surface area contributed by atoms with E-state index >= 15 is 0 Å². The van der Waals surface area contributed by atoms with Crippen molar-refractivity contribution in [2.45, 2.75) is 58.5 Å². The Kier molecular flexibility index (Phi) is 6.97. The minimum Gasteiger partial charge on any atom is -0.439 e. The second-order valence-corrected chi connectivity index (χ2v) is 10.0. The summed E-state index contributed by atoms with van der Waals surface area (Å²) in [6.45, 7) is 7.70. The average Bonchev–Trinajstić information content (AvgIpc) is 3.07. The lowest BCUT2D eigenvalue weighted by Crippen LogP contribution is -2.31. The highest BCUT2D eigenvalue weighted by atomic mass is 35.5. The molecule has 1 heterocycles. The van der Waals surface area contributed by atoms with E-state index in [1.54, 1.807) is 32.0 Å². The number of carbonyl (C=O) groups excluding carboxylic acids is 1. The molecule has 1 aliphatic heterocycles. The monoisotopic (exact) mass is 516 g/mol. The summed E-state index contributed by atoms with van der Waals surface area (Å²) >= 11 is 6.56. The number of halogens is 4. The number of alkyl halides is 3. The van der Waals surface area contributed by atoms with E-state index in [1.165, 1.54) is 4.90 Å². The fourth-order valence-corrected chi connectivity index (χ4v) is 4.82. The van der Waals surface area contributed by atoms with Gasteiger partial charge in [-0.2, -0.15) is 13.2 Å². The quantitative estimate of drug-likeness (QED) is 0.348. The molecule has 2 N–H and O–H groups in total. The van der Waals surface area contributed by atoms with Gasteiger partial charge in [0, 0.05) is 16.3 Å². The van der Waals surface area contributed by atoms with Crippen LogP contribution in [0.5, 0.6) is 0 Å². The molecule has 0 spiro atoms. The molecule has 8 heteroatoms. The molecule has 0 bridgehead atoms. The second-order valence-electron chi connectivity index (χ2n) is 9.61. The maximum absolute atomic E-state index is 13.4. The lowest BCUT2D eigenvalue weighted by Gasteiger charge is -2.23. The zero-order chi connectivity index (χ0) is 26.4. The van der Waals surface area contributed by atoms with E-state index < -0.39 is 30.0 Å². The van der Waals surface area contributed by atoms with E-state index in [9.17, 15) is 18.0 Å². The molecule has 1 aliphatic rings. The molecule has 1 unspecified atom stereocenters. The van der Waals surface area contributed by atoms with Gasteiger partial charge in [-0.3, -0.25) is 4.90 Å². The number of ether oxygens (including phenoxy) is 1. The molecule has 1 saturated heterocycles. The van der Waals surface area contributed by atoms with E-state index in [4.69, 9.17) is 22.1 Å². The molecule has 36 heavy (non-hydrogen) atoms. The minimum atomic E-state index is -4.49. The van der Waals surface area contributed by atoms with Crippen LogP contribution in [-0.2, 0) is 17.5 Å². The van der Waals surface area contributed by atoms with Crippen LogP contribution in [0.3, 0.4) is 0 Å². The van der Waals surface area contributed by atoms with Crippen molar-refractivity contribution in [2.24, 2.45) is 0 Å². The fourth-order valence-electron chi connectivity index (χ4n) is 4.60. The van der Waals surface area contributed by atoms with Crippen LogP contribution in [0.15, 0.2) is 54.6 Å². The lowest BCUT2D eigenvalue weighted by molar-refractivity contribution is -0.137. The number of aryl methyl sites for hydroxylation is 1. The minimum absolute atomic E-state index is 0.164. The van der Waals surface area contributed by atoms with Crippen LogP contribution < -0.4 is 5.73 Å². The number of rotatable bonds is 5. The molecule has 4 rings (SSSR count). The Morgan fingerprint density at radius 3 is 2.44 bits per heavy atom. The van der Waals surface area contributed by atoms with Crippen molar-refractivity contribution < 1.29 is 22.7 Å². The fraction of sp³-hybridized carbons (Fsp3) is 0.321. The molecule has 3 aromatic carbocycles. The number of nitrogen functional groups attached to an aromatic ring is 1. The first-order chi connectivity index (χ1) is 16.8. The largest absolute Gasteiger partial charge is 0.439 e. The molecule has 0 radical (unpaired) electrons. The number of benzene rings is 3. The molecule has 1 fully saturated rings. The highest BCUT2D eigenvalue weighted by molar-refractivity contribution is 6.33. The lowest BCUT2D eigenvalue weighted by atomic mass is 9.93. The van der Waals surface area contributed by atoms with Crippen molar-refractivity contribution in [3.05, 3.63) is 87.4 Å². The van der Waals surface area contributed by atoms with Crippen LogP contribution in [0.1, 0.15) is 60.6 Å². The van der Waals surface area contributed by atoms with Crippen LogP contribution in [-0.4, -0.2) is 17.0 Å². The summed E-state index contributed by atoms with van der Waals surface area (Å²) in [4.78, 5) is 14.4. The van der Waals surface area contributed by atoms with E-state index in [0.717, 1.165) is 34.4 Å². The number of cyclic esters (lactones) is 1. The number of hydrogen-bond acceptors (Lipinski definition) is 3. The van der Waals surface area contributed by atoms with Gasteiger partial charge in [0.05, 0.1) is 18.2 Å². The molecular weight excluding hydrogens is 489 g/mol. The Morgan fingerprint density at radius 1 is 1.06 bits per heavy atom. The van der Waals surface area contributed by atoms with Gasteiger partial charge >= 0.3 is 12.3 Å². The summed E-state index contributed by atoms with van der Waals surface area (Å²) in [6, 6.07) is 14.5. The molecule has 2 atom stereocenters. The molecule has 4 nitrogen and oxygen atoms in total. The van der Waals surface area contributed by atoms with Crippen molar-refractivity contribution in [1.29, 1.82) is 0 Å². The van der Waals surface area contributed by atoms with E-state index in [1.807, 2.05) is 24.3 Å². The smallest absolute Gasteiger partial charge is 0.416 e. The highest BCUT2D eigenvalue weighted by Crippen LogP contribution is 2.40. The van der Waals surface area contributed by atoms with Crippen LogP contribution in [0.25, 0.3) is 11.1 Å². The van der Waals surface area contributed by atoms with Crippen LogP contribution >= 0.6 is 11.6 Å². The summed E-state index contributed by atoms with van der Waals surface area (Å²) in [6.07, 6.45) is -5.93. The highest BCUT2D eigenvalue weighted by Gasteiger charge is 2.41. The van der Waals surface area contributed by atoms with Gasteiger partial charge < -0.3 is 10.5 Å². The Hall–Kier alpha value is -3.19. The van der Waals surface area contributed by atoms with Gasteiger partial charge in [-0.05, 0) is 78.4 Å². The van der Waals surface area contributed by atoms with Gasteiger partial charge in [0.15, 0.2) is 0 Å². The number of amides is 1. The van der Waals surface area contributed by atoms with Crippen molar-refractivity contribution in [3.63, 3.8) is 0 Å². The molecule has 190 valence electrons. The standard InChI is InChI=1S/C28H28ClF3N2O2/c1-15(2)18-5-8-25(29)24(13-18)23-7-6-22(33)12-20(23)14-34-17(4)26(36-27(34)35)19-9-16(3)10-21(11-19)28(30,31)32/h5-13,15,17,26H,14,33H2,1-4H3/t17?,26-/m0/s1. The summed E-state index contributed by atoms with van der Waals surface area (Å²) in [7, 11) is 0. The van der Waals surface area contributed by atoms with Crippen molar-refractivity contribution in [3.8, 4) is 11.1 Å². The van der Waals surface area contributed by atoms with E-state index in [0.29, 0.717) is 27.8 Å². The SMILES string of the molecule is Cc1cc([C@H]2OC(=O)N(Cc3cc(N)ccc3-c3cc(C(C)C)ccc3Cl)C2C)cc(C(F)(F)F)c1. The third-order valence-corrected chi connectivity index (χ3v) is 6.89. The van der Waals surface area contributed by atoms with Crippen molar-refractivity contribution in [1.82, 2.24) is 4.90 Å². The third-order valence-electron chi connectivity index (χ3n) is 6.56. The summed E-state index contributed by atoms with van der Waals surface area (Å²) in [5.41, 5.74) is 10.1. The van der Waals surface area contributed by atoms with Gasteiger partial charge in [-0.1, -0.05) is 49.2 Å². The zero-order valence-electron chi connectivity index (χ0n) is 20.5. The number of nitrogens with two attached hydrogens (primary N) is 1. The number of nitrogens with zero attached hydrogens (tertiary/aromatic N) is 1. The van der Waals surface area contributed by atoms with Gasteiger partial charge in [-0.15, -0.1) is 0 Å². The van der Waals surface area contributed by atoms with Crippen LogP contribution in [0.2, 0.25) is 5.02 Å². The first-order valence-corrected chi connectivity index (χ1v) is 12.1. The van der Waals surface area contributed by atoms with Crippen molar-refractivity contribution >= 4 is 23.4 Å². The predicted octanol–water partition coefficient (Wildman–Crippen LogP) is 8.12. The Labute approximate surface area is 213 Å². The molecular formula is C28H28ClF3N2O2. The van der Waals surface area contributed by atoms with E-state index in [2.05, 4.69) is 13.8 Å². The predicted molar refractivity (Wildman–Crippen MR) is 136 cm³/mol. The second kappa shape index (κ2) is 9.69. The van der Waals surface area contributed by atoms with Gasteiger partial charge in [-0.25, -0.2) is 4.79 Å². The first kappa shape index (κ1) is 25.9. The Balaban J connectivity index is 1.69. The summed E-state index contributed by atoms with van der Waals surface area (Å²) in [5.74, 6) is 0.295. The number of hydrogen-bond donors (Lipinski definition) is 1. The van der Waals surface area contributed by atoms with Crippen molar-refractivity contribution in [2.75, 3.05) is 5.73 Å². The number of carbonyl (C=O) groups is 1. The van der Waals surface area contributed by atoms with Crippen LogP contribution in [0.4, 0.5) is 23.7 Å². The van der Waals surface area contributed by atoms with Crippen LogP contribution in [0, 0.1) is 6.92 Å². The summed E-state index contributed by atoms with van der Waals surface area (Å²) < 4.78 is 45.7. The average molecular weight is 517 g/mol. The Morgan fingerprint density at radius 2 is 1.78 bits per heavy atom. The molecule has 1 amide bonds. The van der Waals surface area contributed by atoms with Gasteiger partial charge in [0.2, 0.25) is 0 Å². The summed E-state index contributed by atoms with van der Waals surface area (Å²) in [5, 5.41) is 0.569. The number of anilines is 1. The molecule has 0 saturated carbocycles. The molecule has 3 aromatic rings. The third kappa shape index (κ3) is 5.16. The van der Waals surface area contributed by atoms with E-state index in [-0.39, 0.29) is 6.54 Å². The maximum atomic E-state index is 13.4. The maximum Gasteiger partial charge on any atom is 0.416 e. The molecule has 0 aromatic heterocycles. The zero-order valence-corrected chi connectivity index (χ0v) is 21.2.